The Balaban J connectivity index is 1.64. The van der Waals surface area contributed by atoms with Gasteiger partial charge < -0.3 is 5.32 Å². The van der Waals surface area contributed by atoms with E-state index in [4.69, 9.17) is 12.2 Å². The third kappa shape index (κ3) is 4.49. The molecule has 0 spiro atoms. The minimum atomic E-state index is -0.340. The van der Waals surface area contributed by atoms with Crippen LogP contribution < -0.4 is 10.6 Å². The van der Waals surface area contributed by atoms with Crippen molar-refractivity contribution in [3.8, 4) is 0 Å². The molecule has 0 bridgehead atoms. The zero-order valence-electron chi connectivity index (χ0n) is 13.2. The van der Waals surface area contributed by atoms with Gasteiger partial charge in [0, 0.05) is 11.8 Å². The second-order valence-corrected chi connectivity index (χ2v) is 5.76. The molecular weight excluding hydrogens is 335 g/mol. The number of fused-ring (bicyclic) bond motifs is 1. The van der Waals surface area contributed by atoms with Crippen molar-refractivity contribution < 1.29 is 9.18 Å². The number of hydrogen-bond donors (Lipinski definition) is 2. The van der Waals surface area contributed by atoms with Crippen LogP contribution >= 0.6 is 12.2 Å². The monoisotopic (exact) mass is 350 g/mol. The molecule has 0 aromatic heterocycles. The summed E-state index contributed by atoms with van der Waals surface area (Å²) in [6.45, 7) is 0. The molecule has 3 aromatic carbocycles. The zero-order valence-corrected chi connectivity index (χ0v) is 14.0. The summed E-state index contributed by atoms with van der Waals surface area (Å²) in [7, 11) is 0. The molecular formula is C20H15FN2OS. The molecule has 3 rings (SSSR count). The number of anilines is 1. The number of rotatable bonds is 3. The minimum Gasteiger partial charge on any atom is -0.332 e. The largest absolute Gasteiger partial charge is 0.332 e. The van der Waals surface area contributed by atoms with Gasteiger partial charge in [-0.05, 0) is 58.9 Å². The first-order chi connectivity index (χ1) is 12.1. The molecule has 0 atom stereocenters. The van der Waals surface area contributed by atoms with Crippen molar-refractivity contribution in [1.29, 1.82) is 0 Å². The van der Waals surface area contributed by atoms with Crippen LogP contribution in [-0.4, -0.2) is 11.0 Å². The molecule has 0 aliphatic heterocycles. The van der Waals surface area contributed by atoms with Crippen molar-refractivity contribution in [1.82, 2.24) is 5.32 Å². The van der Waals surface area contributed by atoms with E-state index in [1.807, 2.05) is 42.5 Å². The molecule has 5 heteroatoms. The van der Waals surface area contributed by atoms with Gasteiger partial charge in [-0.2, -0.15) is 0 Å². The SMILES string of the molecule is O=C(/C=C/c1cccc2ccccc12)NC(=S)Nc1ccc(F)cc1. The van der Waals surface area contributed by atoms with Gasteiger partial charge in [-0.1, -0.05) is 42.5 Å². The van der Waals surface area contributed by atoms with Crippen LogP contribution in [0.4, 0.5) is 10.1 Å². The highest BCUT2D eigenvalue weighted by atomic mass is 32.1. The summed E-state index contributed by atoms with van der Waals surface area (Å²) in [6, 6.07) is 19.6. The highest BCUT2D eigenvalue weighted by Crippen LogP contribution is 2.19. The van der Waals surface area contributed by atoms with Gasteiger partial charge in [0.1, 0.15) is 5.82 Å². The van der Waals surface area contributed by atoms with Crippen LogP contribution in [0.1, 0.15) is 5.56 Å². The maximum Gasteiger partial charge on any atom is 0.250 e. The summed E-state index contributed by atoms with van der Waals surface area (Å²) in [5.74, 6) is -0.675. The summed E-state index contributed by atoms with van der Waals surface area (Å²) in [4.78, 5) is 12.0. The van der Waals surface area contributed by atoms with Crippen molar-refractivity contribution in [3.63, 3.8) is 0 Å². The normalized spacial score (nSPS) is 10.8. The Morgan fingerprint density at radius 3 is 2.48 bits per heavy atom. The second-order valence-electron chi connectivity index (χ2n) is 5.35. The van der Waals surface area contributed by atoms with Crippen molar-refractivity contribution in [2.75, 3.05) is 5.32 Å². The average Bonchev–Trinajstić information content (AvgIpc) is 2.62. The highest BCUT2D eigenvalue weighted by Gasteiger charge is 2.03. The Morgan fingerprint density at radius 1 is 0.960 bits per heavy atom. The number of hydrogen-bond acceptors (Lipinski definition) is 2. The molecule has 0 aliphatic carbocycles. The standard InChI is InChI=1S/C20H15FN2OS/c21-16-9-11-17(12-10-16)22-20(25)23-19(24)13-8-15-6-3-5-14-4-1-2-7-18(14)15/h1-13H,(H2,22,23,24,25)/b13-8+. The summed E-state index contributed by atoms with van der Waals surface area (Å²) in [5, 5.41) is 7.72. The first-order valence-electron chi connectivity index (χ1n) is 7.65. The molecule has 0 saturated heterocycles. The van der Waals surface area contributed by atoms with E-state index in [1.165, 1.54) is 18.2 Å². The van der Waals surface area contributed by atoms with Crippen molar-refractivity contribution in [3.05, 3.63) is 84.2 Å². The van der Waals surface area contributed by atoms with Gasteiger partial charge in [0.25, 0.3) is 0 Å². The zero-order chi connectivity index (χ0) is 17.6. The first kappa shape index (κ1) is 16.8. The summed E-state index contributed by atoms with van der Waals surface area (Å²) >= 11 is 5.08. The Hall–Kier alpha value is -3.05. The Bertz CT molecular complexity index is 946. The molecule has 0 fully saturated rings. The van der Waals surface area contributed by atoms with Crippen molar-refractivity contribution in [2.45, 2.75) is 0 Å². The molecule has 0 aliphatic rings. The fourth-order valence-electron chi connectivity index (χ4n) is 2.41. The average molecular weight is 350 g/mol. The number of thiocarbonyl (C=S) groups is 1. The summed E-state index contributed by atoms with van der Waals surface area (Å²) in [5.41, 5.74) is 1.55. The topological polar surface area (TPSA) is 41.1 Å². The Kier molecular flexibility index (Phi) is 5.16. The van der Waals surface area contributed by atoms with E-state index in [-0.39, 0.29) is 16.8 Å². The lowest BCUT2D eigenvalue weighted by Crippen LogP contribution is -2.32. The highest BCUT2D eigenvalue weighted by molar-refractivity contribution is 7.80. The number of benzene rings is 3. The molecule has 3 aromatic rings. The van der Waals surface area contributed by atoms with Crippen molar-refractivity contribution >= 4 is 45.8 Å². The predicted molar refractivity (Wildman–Crippen MR) is 104 cm³/mol. The van der Waals surface area contributed by atoms with Gasteiger partial charge in [0.05, 0.1) is 0 Å². The smallest absolute Gasteiger partial charge is 0.250 e. The minimum absolute atomic E-state index is 0.152. The van der Waals surface area contributed by atoms with Crippen LogP contribution in [0.3, 0.4) is 0 Å². The molecule has 0 saturated carbocycles. The predicted octanol–water partition coefficient (Wildman–Crippen LogP) is 4.51. The molecule has 2 N–H and O–H groups in total. The van der Waals surface area contributed by atoms with E-state index in [2.05, 4.69) is 10.6 Å². The number of nitrogens with one attached hydrogen (secondary N) is 2. The second kappa shape index (κ2) is 7.68. The Morgan fingerprint density at radius 2 is 1.68 bits per heavy atom. The van der Waals surface area contributed by atoms with Crippen LogP contribution in [0.15, 0.2) is 72.8 Å². The van der Waals surface area contributed by atoms with Gasteiger partial charge in [-0.15, -0.1) is 0 Å². The van der Waals surface area contributed by atoms with Crippen molar-refractivity contribution in [2.24, 2.45) is 0 Å². The van der Waals surface area contributed by atoms with Gasteiger partial charge in [0.15, 0.2) is 5.11 Å². The molecule has 3 nitrogen and oxygen atoms in total. The lowest BCUT2D eigenvalue weighted by atomic mass is 10.0. The van der Waals surface area contributed by atoms with E-state index in [9.17, 15) is 9.18 Å². The number of carbonyl (C=O) groups excluding carboxylic acids is 1. The lowest BCUT2D eigenvalue weighted by molar-refractivity contribution is -0.115. The third-order valence-electron chi connectivity index (χ3n) is 3.58. The van der Waals surface area contributed by atoms with Crippen LogP contribution in [0.25, 0.3) is 16.8 Å². The molecule has 0 radical (unpaired) electrons. The molecule has 25 heavy (non-hydrogen) atoms. The van der Waals surface area contributed by atoms with E-state index >= 15 is 0 Å². The number of amides is 1. The van der Waals surface area contributed by atoms with Crippen LogP contribution in [-0.2, 0) is 4.79 Å². The molecule has 0 unspecified atom stereocenters. The maximum atomic E-state index is 12.9. The molecule has 0 heterocycles. The molecule has 1 amide bonds. The third-order valence-corrected chi connectivity index (χ3v) is 3.78. The Labute approximate surface area is 150 Å². The first-order valence-corrected chi connectivity index (χ1v) is 8.06. The van der Waals surface area contributed by atoms with Crippen LogP contribution in [0.5, 0.6) is 0 Å². The van der Waals surface area contributed by atoms with Gasteiger partial charge in [-0.3, -0.25) is 10.1 Å². The van der Waals surface area contributed by atoms with Crippen LogP contribution in [0, 0.1) is 5.82 Å². The quantitative estimate of drug-likeness (QED) is 0.540. The van der Waals surface area contributed by atoms with E-state index < -0.39 is 0 Å². The molecule has 124 valence electrons. The van der Waals surface area contributed by atoms with Gasteiger partial charge in [-0.25, -0.2) is 4.39 Å². The number of carbonyl (C=O) groups is 1. The lowest BCUT2D eigenvalue weighted by Gasteiger charge is -2.08. The fraction of sp³-hybridized carbons (Fsp3) is 0. The van der Waals surface area contributed by atoms with Crippen LogP contribution in [0.2, 0.25) is 0 Å². The summed E-state index contributed by atoms with van der Waals surface area (Å²) < 4.78 is 12.9. The van der Waals surface area contributed by atoms with E-state index in [0.29, 0.717) is 5.69 Å². The van der Waals surface area contributed by atoms with Gasteiger partial charge >= 0.3 is 0 Å². The van der Waals surface area contributed by atoms with Gasteiger partial charge in [0.2, 0.25) is 5.91 Å². The maximum absolute atomic E-state index is 12.9. The fourth-order valence-corrected chi connectivity index (χ4v) is 2.63. The van der Waals surface area contributed by atoms with E-state index in [0.717, 1.165) is 16.3 Å². The number of halogens is 1. The summed E-state index contributed by atoms with van der Waals surface area (Å²) in [6.07, 6.45) is 3.18. The van der Waals surface area contributed by atoms with E-state index in [1.54, 1.807) is 18.2 Å².